The molecule has 19 heavy (non-hydrogen) atoms. The van der Waals surface area contributed by atoms with Crippen molar-refractivity contribution in [2.24, 2.45) is 5.73 Å². The first kappa shape index (κ1) is 15.8. The van der Waals surface area contributed by atoms with Gasteiger partial charge in [0.05, 0.1) is 0 Å². The van der Waals surface area contributed by atoms with E-state index < -0.39 is 10.8 Å². The summed E-state index contributed by atoms with van der Waals surface area (Å²) in [5, 5.41) is 2.86. The van der Waals surface area contributed by atoms with Crippen LogP contribution in [0.25, 0.3) is 0 Å². The van der Waals surface area contributed by atoms with Gasteiger partial charge in [0, 0.05) is 40.0 Å². The molecule has 0 bridgehead atoms. The van der Waals surface area contributed by atoms with Gasteiger partial charge in [0.15, 0.2) is 0 Å². The molecule has 0 aliphatic rings. The van der Waals surface area contributed by atoms with Gasteiger partial charge in [-0.15, -0.1) is 0 Å². The first-order valence-corrected chi connectivity index (χ1v) is 8.04. The van der Waals surface area contributed by atoms with E-state index in [4.69, 9.17) is 18.0 Å². The maximum Gasteiger partial charge on any atom is 0.251 e. The van der Waals surface area contributed by atoms with Crippen LogP contribution >= 0.6 is 12.2 Å². The van der Waals surface area contributed by atoms with Gasteiger partial charge in [0.2, 0.25) is 0 Å². The number of carbonyl (C=O) groups excluding carboxylic acids is 1. The van der Waals surface area contributed by atoms with Crippen molar-refractivity contribution in [1.82, 2.24) is 5.32 Å². The van der Waals surface area contributed by atoms with Gasteiger partial charge in [-0.05, 0) is 25.5 Å². The summed E-state index contributed by atoms with van der Waals surface area (Å²) in [4.78, 5) is 12.2. The van der Waals surface area contributed by atoms with Crippen LogP contribution in [0.15, 0.2) is 24.3 Å². The van der Waals surface area contributed by atoms with Gasteiger partial charge in [0.25, 0.3) is 5.91 Å². The molecule has 104 valence electrons. The molecule has 2 unspecified atom stereocenters. The fraction of sp³-hybridized carbons (Fsp3) is 0.385. The molecule has 0 saturated carbocycles. The first-order valence-electron chi connectivity index (χ1n) is 5.91. The summed E-state index contributed by atoms with van der Waals surface area (Å²) in [7, 11) is -0.833. The monoisotopic (exact) mass is 298 g/mol. The molecule has 6 heteroatoms. The topological polar surface area (TPSA) is 72.2 Å². The minimum Gasteiger partial charge on any atom is -0.389 e. The van der Waals surface area contributed by atoms with Gasteiger partial charge >= 0.3 is 0 Å². The van der Waals surface area contributed by atoms with Gasteiger partial charge in [-0.2, -0.15) is 0 Å². The summed E-state index contributed by atoms with van der Waals surface area (Å²) in [6.45, 7) is 1.90. The maximum atomic E-state index is 11.9. The molecule has 0 radical (unpaired) electrons. The summed E-state index contributed by atoms with van der Waals surface area (Å²) in [6, 6.07) is 6.82. The fourth-order valence-corrected chi connectivity index (χ4v) is 2.33. The van der Waals surface area contributed by atoms with Crippen molar-refractivity contribution in [2.75, 3.05) is 12.0 Å². The second-order valence-corrected chi connectivity index (χ2v) is 6.38. The zero-order valence-corrected chi connectivity index (χ0v) is 12.6. The van der Waals surface area contributed by atoms with Crippen LogP contribution in [0.3, 0.4) is 0 Å². The zero-order chi connectivity index (χ0) is 14.4. The second-order valence-electron chi connectivity index (χ2n) is 4.38. The molecule has 1 aromatic rings. The van der Waals surface area contributed by atoms with Gasteiger partial charge in [0.1, 0.15) is 4.99 Å². The lowest BCUT2D eigenvalue weighted by Crippen LogP contribution is -2.33. The normalized spacial score (nSPS) is 13.6. The quantitative estimate of drug-likeness (QED) is 0.774. The summed E-state index contributed by atoms with van der Waals surface area (Å²) < 4.78 is 11.0. The van der Waals surface area contributed by atoms with Crippen molar-refractivity contribution < 1.29 is 9.00 Å². The average molecular weight is 298 g/mol. The number of rotatable bonds is 6. The molecule has 1 aromatic carbocycles. The Hall–Kier alpha value is -1.27. The van der Waals surface area contributed by atoms with Crippen LogP contribution in [0.1, 0.15) is 29.3 Å². The molecule has 0 heterocycles. The highest BCUT2D eigenvalue weighted by Gasteiger charge is 2.10. The van der Waals surface area contributed by atoms with E-state index in [2.05, 4.69) is 5.32 Å². The van der Waals surface area contributed by atoms with E-state index in [1.165, 1.54) is 0 Å². The molecule has 0 aliphatic heterocycles. The second kappa shape index (κ2) is 7.35. The predicted molar refractivity (Wildman–Crippen MR) is 82.8 cm³/mol. The Morgan fingerprint density at radius 1 is 1.37 bits per heavy atom. The van der Waals surface area contributed by atoms with E-state index in [0.29, 0.717) is 22.7 Å². The van der Waals surface area contributed by atoms with Crippen LogP contribution in [0.5, 0.6) is 0 Å². The summed E-state index contributed by atoms with van der Waals surface area (Å²) in [5.41, 5.74) is 6.79. The average Bonchev–Trinajstić information content (AvgIpc) is 2.36. The lowest BCUT2D eigenvalue weighted by molar-refractivity contribution is 0.0939. The molecule has 1 amide bonds. The van der Waals surface area contributed by atoms with Crippen molar-refractivity contribution >= 4 is 33.9 Å². The van der Waals surface area contributed by atoms with Crippen LogP contribution in [0, 0.1) is 0 Å². The van der Waals surface area contributed by atoms with E-state index in [-0.39, 0.29) is 11.9 Å². The Morgan fingerprint density at radius 2 is 1.89 bits per heavy atom. The number of thiocarbonyl (C=S) groups is 1. The third-order valence-electron chi connectivity index (χ3n) is 2.65. The van der Waals surface area contributed by atoms with Crippen molar-refractivity contribution in [1.29, 1.82) is 0 Å². The number of hydrogen-bond acceptors (Lipinski definition) is 3. The Balaban J connectivity index is 2.58. The highest BCUT2D eigenvalue weighted by molar-refractivity contribution is 7.84. The van der Waals surface area contributed by atoms with E-state index in [1.807, 2.05) is 6.92 Å². The number of amides is 1. The van der Waals surface area contributed by atoms with Crippen LogP contribution in [-0.4, -0.2) is 33.2 Å². The van der Waals surface area contributed by atoms with Crippen LogP contribution in [-0.2, 0) is 10.8 Å². The molecule has 1 rings (SSSR count). The van der Waals surface area contributed by atoms with Crippen LogP contribution < -0.4 is 11.1 Å². The molecule has 0 aromatic heterocycles. The fourth-order valence-electron chi connectivity index (χ4n) is 1.51. The van der Waals surface area contributed by atoms with Crippen molar-refractivity contribution in [3.63, 3.8) is 0 Å². The number of carbonyl (C=O) groups is 1. The predicted octanol–water partition coefficient (Wildman–Crippen LogP) is 1.21. The summed E-state index contributed by atoms with van der Waals surface area (Å²) in [6.07, 6.45) is 2.35. The van der Waals surface area contributed by atoms with Gasteiger partial charge in [-0.1, -0.05) is 24.4 Å². The van der Waals surface area contributed by atoms with Gasteiger partial charge < -0.3 is 11.1 Å². The number of nitrogens with two attached hydrogens (primary N) is 1. The van der Waals surface area contributed by atoms with E-state index in [1.54, 1.807) is 30.5 Å². The van der Waals surface area contributed by atoms with Gasteiger partial charge in [-0.3, -0.25) is 9.00 Å². The van der Waals surface area contributed by atoms with Crippen molar-refractivity contribution in [3.05, 3.63) is 35.4 Å². The third kappa shape index (κ3) is 5.48. The summed E-state index contributed by atoms with van der Waals surface area (Å²) in [5.74, 6) is 0.436. The minimum absolute atomic E-state index is 0.00772. The highest BCUT2D eigenvalue weighted by Crippen LogP contribution is 2.05. The molecule has 0 aliphatic carbocycles. The molecule has 0 saturated heterocycles. The molecule has 0 fully saturated rings. The highest BCUT2D eigenvalue weighted by atomic mass is 32.2. The molecule has 2 atom stereocenters. The van der Waals surface area contributed by atoms with Crippen LogP contribution in [0.4, 0.5) is 0 Å². The number of hydrogen-bond donors (Lipinski definition) is 2. The van der Waals surface area contributed by atoms with Crippen LogP contribution in [0.2, 0.25) is 0 Å². The summed E-state index contributed by atoms with van der Waals surface area (Å²) >= 11 is 4.85. The lowest BCUT2D eigenvalue weighted by Gasteiger charge is -2.13. The maximum absolute atomic E-state index is 11.9. The Labute approximate surface area is 121 Å². The standard InChI is InChI=1S/C13H18N2O2S2/c1-9(7-8-19(2)17)15-13(16)11-5-3-10(4-6-11)12(14)18/h3-6,9H,7-8H2,1-2H3,(H2,14,18)(H,15,16). The third-order valence-corrected chi connectivity index (χ3v) is 3.69. The lowest BCUT2D eigenvalue weighted by atomic mass is 10.1. The molecular formula is C13H18N2O2S2. The largest absolute Gasteiger partial charge is 0.389 e. The first-order chi connectivity index (χ1) is 8.90. The minimum atomic E-state index is -0.833. The molecule has 3 N–H and O–H groups in total. The molecular weight excluding hydrogens is 280 g/mol. The van der Waals surface area contributed by atoms with Crippen molar-refractivity contribution in [2.45, 2.75) is 19.4 Å². The van der Waals surface area contributed by atoms with E-state index in [0.717, 1.165) is 5.56 Å². The Morgan fingerprint density at radius 3 is 2.37 bits per heavy atom. The number of benzene rings is 1. The smallest absolute Gasteiger partial charge is 0.251 e. The van der Waals surface area contributed by atoms with Crippen molar-refractivity contribution in [3.8, 4) is 0 Å². The Kier molecular flexibility index (Phi) is 6.11. The molecule has 0 spiro atoms. The van der Waals surface area contributed by atoms with E-state index >= 15 is 0 Å². The van der Waals surface area contributed by atoms with Gasteiger partial charge in [-0.25, -0.2) is 0 Å². The molecule has 4 nitrogen and oxygen atoms in total. The SMILES string of the molecule is CC(CCS(C)=O)NC(=O)c1ccc(C(N)=S)cc1. The zero-order valence-electron chi connectivity index (χ0n) is 11.0. The number of nitrogens with one attached hydrogen (secondary N) is 1. The Bertz CT molecular complexity index is 486. The van der Waals surface area contributed by atoms with E-state index in [9.17, 15) is 9.00 Å².